The van der Waals surface area contributed by atoms with Crippen molar-refractivity contribution in [1.29, 1.82) is 0 Å². The lowest BCUT2D eigenvalue weighted by Gasteiger charge is -2.17. The Morgan fingerprint density at radius 3 is 1.96 bits per heavy atom. The topological polar surface area (TPSA) is 56.8 Å². The summed E-state index contributed by atoms with van der Waals surface area (Å²) in [5.41, 5.74) is 1.37. The van der Waals surface area contributed by atoms with Gasteiger partial charge in [0.1, 0.15) is 22.8 Å². The summed E-state index contributed by atoms with van der Waals surface area (Å²) in [6.45, 7) is 1.92. The van der Waals surface area contributed by atoms with Gasteiger partial charge in [-0.1, -0.05) is 18.2 Å². The van der Waals surface area contributed by atoms with Crippen molar-refractivity contribution in [2.75, 3.05) is 21.3 Å². The molecule has 122 valence electrons. The van der Waals surface area contributed by atoms with E-state index in [0.29, 0.717) is 17.1 Å². The third-order valence-electron chi connectivity index (χ3n) is 3.62. The molecule has 0 spiro atoms. The van der Waals surface area contributed by atoms with Crippen LogP contribution in [0.4, 0.5) is 0 Å². The minimum atomic E-state index is -0.248. The quantitative estimate of drug-likeness (QED) is 0.889. The molecule has 0 saturated carbocycles. The molecule has 0 radical (unpaired) electrons. The van der Waals surface area contributed by atoms with Crippen molar-refractivity contribution in [3.05, 3.63) is 53.6 Å². The summed E-state index contributed by atoms with van der Waals surface area (Å²) in [4.78, 5) is 12.6. The molecule has 5 heteroatoms. The highest BCUT2D eigenvalue weighted by Gasteiger charge is 2.20. The number of carbonyl (C=O) groups is 1. The van der Waals surface area contributed by atoms with E-state index >= 15 is 0 Å². The van der Waals surface area contributed by atoms with Crippen molar-refractivity contribution in [2.45, 2.75) is 13.0 Å². The molecule has 0 aliphatic heterocycles. The largest absolute Gasteiger partial charge is 0.497 e. The highest BCUT2D eigenvalue weighted by molar-refractivity contribution is 5.99. The lowest BCUT2D eigenvalue weighted by atomic mass is 10.1. The van der Waals surface area contributed by atoms with Gasteiger partial charge in [-0.15, -0.1) is 0 Å². The van der Waals surface area contributed by atoms with Gasteiger partial charge in [0.05, 0.1) is 27.4 Å². The minimum Gasteiger partial charge on any atom is -0.497 e. The Hall–Kier alpha value is -2.69. The number of ether oxygens (including phenoxy) is 3. The average molecular weight is 315 g/mol. The third kappa shape index (κ3) is 3.74. The van der Waals surface area contributed by atoms with Crippen molar-refractivity contribution in [1.82, 2.24) is 5.32 Å². The zero-order valence-corrected chi connectivity index (χ0v) is 13.8. The Morgan fingerprint density at radius 1 is 0.913 bits per heavy atom. The Labute approximate surface area is 136 Å². The standard InChI is InChI=1S/C18H21NO4/c1-12(13-8-10-14(21-2)11-9-13)19-18(20)17-15(22-3)6-5-7-16(17)23-4/h5-12H,1-4H3,(H,19,20)/t12-/m0/s1. The van der Waals surface area contributed by atoms with Crippen LogP contribution in [0.5, 0.6) is 17.2 Å². The molecule has 0 heterocycles. The molecule has 5 nitrogen and oxygen atoms in total. The van der Waals surface area contributed by atoms with Crippen molar-refractivity contribution in [3.8, 4) is 17.2 Å². The van der Waals surface area contributed by atoms with Gasteiger partial charge in [-0.2, -0.15) is 0 Å². The lowest BCUT2D eigenvalue weighted by molar-refractivity contribution is 0.0933. The van der Waals surface area contributed by atoms with Crippen LogP contribution in [0.25, 0.3) is 0 Å². The van der Waals surface area contributed by atoms with Crippen LogP contribution in [0.1, 0.15) is 28.9 Å². The number of methoxy groups -OCH3 is 3. The molecule has 1 amide bonds. The average Bonchev–Trinajstić information content (AvgIpc) is 2.60. The van der Waals surface area contributed by atoms with E-state index in [2.05, 4.69) is 5.32 Å². The van der Waals surface area contributed by atoms with E-state index in [1.165, 1.54) is 14.2 Å². The molecule has 0 bridgehead atoms. The Morgan fingerprint density at radius 2 is 1.48 bits per heavy atom. The van der Waals surface area contributed by atoms with Crippen LogP contribution >= 0.6 is 0 Å². The molecule has 0 aliphatic carbocycles. The summed E-state index contributed by atoms with van der Waals surface area (Å²) < 4.78 is 15.7. The number of benzene rings is 2. The predicted molar refractivity (Wildman–Crippen MR) is 88.4 cm³/mol. The third-order valence-corrected chi connectivity index (χ3v) is 3.62. The fraction of sp³-hybridized carbons (Fsp3) is 0.278. The van der Waals surface area contributed by atoms with E-state index in [9.17, 15) is 4.79 Å². The molecular weight excluding hydrogens is 294 g/mol. The van der Waals surface area contributed by atoms with E-state index in [-0.39, 0.29) is 11.9 Å². The van der Waals surface area contributed by atoms with E-state index in [4.69, 9.17) is 14.2 Å². The van der Waals surface area contributed by atoms with Crippen molar-refractivity contribution < 1.29 is 19.0 Å². The van der Waals surface area contributed by atoms with Crippen LogP contribution in [0.15, 0.2) is 42.5 Å². The molecule has 23 heavy (non-hydrogen) atoms. The van der Waals surface area contributed by atoms with Gasteiger partial charge in [0.25, 0.3) is 5.91 Å². The fourth-order valence-corrected chi connectivity index (χ4v) is 2.32. The molecule has 0 unspecified atom stereocenters. The SMILES string of the molecule is COc1ccc([C@H](C)NC(=O)c2c(OC)cccc2OC)cc1. The van der Waals surface area contributed by atoms with Crippen molar-refractivity contribution >= 4 is 5.91 Å². The summed E-state index contributed by atoms with van der Waals surface area (Å²) in [6.07, 6.45) is 0. The highest BCUT2D eigenvalue weighted by Crippen LogP contribution is 2.29. The number of hydrogen-bond donors (Lipinski definition) is 1. The smallest absolute Gasteiger partial charge is 0.259 e. The number of rotatable bonds is 6. The van der Waals surface area contributed by atoms with Crippen LogP contribution < -0.4 is 19.5 Å². The lowest BCUT2D eigenvalue weighted by Crippen LogP contribution is -2.27. The molecule has 0 aliphatic rings. The number of amides is 1. The fourth-order valence-electron chi connectivity index (χ4n) is 2.32. The summed E-state index contributed by atoms with van der Waals surface area (Å²) >= 11 is 0. The predicted octanol–water partition coefficient (Wildman–Crippen LogP) is 3.20. The number of nitrogens with one attached hydrogen (secondary N) is 1. The molecule has 2 aromatic carbocycles. The maximum Gasteiger partial charge on any atom is 0.259 e. The van der Waals surface area contributed by atoms with E-state index < -0.39 is 0 Å². The molecular formula is C18H21NO4. The van der Waals surface area contributed by atoms with E-state index in [1.807, 2.05) is 31.2 Å². The van der Waals surface area contributed by atoms with Gasteiger partial charge in [-0.25, -0.2) is 0 Å². The van der Waals surface area contributed by atoms with E-state index in [0.717, 1.165) is 11.3 Å². The van der Waals surface area contributed by atoms with Crippen molar-refractivity contribution in [2.24, 2.45) is 0 Å². The zero-order valence-electron chi connectivity index (χ0n) is 13.8. The number of hydrogen-bond acceptors (Lipinski definition) is 4. The second-order valence-electron chi connectivity index (χ2n) is 5.01. The second-order valence-corrected chi connectivity index (χ2v) is 5.01. The molecule has 1 N–H and O–H groups in total. The molecule has 1 atom stereocenters. The van der Waals surface area contributed by atoms with Gasteiger partial charge in [0.15, 0.2) is 0 Å². The molecule has 2 aromatic rings. The zero-order chi connectivity index (χ0) is 16.8. The second kappa shape index (κ2) is 7.54. The minimum absolute atomic E-state index is 0.164. The molecule has 2 rings (SSSR count). The van der Waals surface area contributed by atoms with Gasteiger partial charge < -0.3 is 19.5 Å². The monoisotopic (exact) mass is 315 g/mol. The first-order valence-electron chi connectivity index (χ1n) is 7.26. The molecule has 0 saturated heterocycles. The summed E-state index contributed by atoms with van der Waals surface area (Å²) in [6, 6.07) is 12.6. The Balaban J connectivity index is 2.21. The van der Waals surface area contributed by atoms with Gasteiger partial charge >= 0.3 is 0 Å². The van der Waals surface area contributed by atoms with Gasteiger partial charge in [-0.3, -0.25) is 4.79 Å². The highest BCUT2D eigenvalue weighted by atomic mass is 16.5. The van der Waals surface area contributed by atoms with Crippen LogP contribution in [0.3, 0.4) is 0 Å². The normalized spacial score (nSPS) is 11.5. The van der Waals surface area contributed by atoms with Gasteiger partial charge in [-0.05, 0) is 36.8 Å². The van der Waals surface area contributed by atoms with Crippen LogP contribution in [0.2, 0.25) is 0 Å². The Kier molecular flexibility index (Phi) is 5.46. The molecule has 0 aromatic heterocycles. The van der Waals surface area contributed by atoms with Crippen LogP contribution in [-0.2, 0) is 0 Å². The first-order chi connectivity index (χ1) is 11.1. The van der Waals surface area contributed by atoms with Gasteiger partial charge in [0, 0.05) is 0 Å². The Bertz CT molecular complexity index is 645. The molecule has 0 fully saturated rings. The first-order valence-corrected chi connectivity index (χ1v) is 7.26. The summed E-state index contributed by atoms with van der Waals surface area (Å²) in [5.74, 6) is 1.48. The summed E-state index contributed by atoms with van der Waals surface area (Å²) in [7, 11) is 4.67. The van der Waals surface area contributed by atoms with Crippen LogP contribution in [-0.4, -0.2) is 27.2 Å². The van der Waals surface area contributed by atoms with Crippen molar-refractivity contribution in [3.63, 3.8) is 0 Å². The summed E-state index contributed by atoms with van der Waals surface area (Å²) in [5, 5.41) is 2.96. The maximum absolute atomic E-state index is 12.6. The number of carbonyl (C=O) groups excluding carboxylic acids is 1. The first kappa shape index (κ1) is 16.7. The maximum atomic E-state index is 12.6. The van der Waals surface area contributed by atoms with Crippen LogP contribution in [0, 0.1) is 0 Å². The van der Waals surface area contributed by atoms with Gasteiger partial charge in [0.2, 0.25) is 0 Å². The van der Waals surface area contributed by atoms with E-state index in [1.54, 1.807) is 25.3 Å².